The third-order valence-corrected chi connectivity index (χ3v) is 2.39. The molecule has 7 nitrogen and oxygen atoms in total. The lowest BCUT2D eigenvalue weighted by atomic mass is 10.2. The predicted octanol–water partition coefficient (Wildman–Crippen LogP) is 1.95. The van der Waals surface area contributed by atoms with Gasteiger partial charge in [0, 0.05) is 20.6 Å². The average Bonchev–Trinajstić information content (AvgIpc) is 2.40. The standard InChI is InChI=1S/C14H27N5O2/c1-7-8-15-11-16-12(19(5)6)18-13(17-11)20-9-10-21-14(2,3)4/h7-10H2,1-6H3,(H,15,16,17,18). The first-order valence-electron chi connectivity index (χ1n) is 7.26. The van der Waals surface area contributed by atoms with Crippen molar-refractivity contribution in [2.75, 3.05) is 44.1 Å². The molecule has 0 aliphatic rings. The normalized spacial score (nSPS) is 11.3. The maximum Gasteiger partial charge on any atom is 0.323 e. The summed E-state index contributed by atoms with van der Waals surface area (Å²) >= 11 is 0. The monoisotopic (exact) mass is 297 g/mol. The molecular weight excluding hydrogens is 270 g/mol. The lowest BCUT2D eigenvalue weighted by molar-refractivity contribution is -0.0173. The molecule has 0 aromatic carbocycles. The van der Waals surface area contributed by atoms with Crippen molar-refractivity contribution in [1.29, 1.82) is 0 Å². The van der Waals surface area contributed by atoms with Gasteiger partial charge < -0.3 is 19.7 Å². The van der Waals surface area contributed by atoms with Gasteiger partial charge in [-0.15, -0.1) is 0 Å². The minimum Gasteiger partial charge on any atom is -0.461 e. The second kappa shape index (κ2) is 7.97. The van der Waals surface area contributed by atoms with Gasteiger partial charge in [0.2, 0.25) is 11.9 Å². The van der Waals surface area contributed by atoms with Gasteiger partial charge in [0.25, 0.3) is 0 Å². The number of hydrogen-bond acceptors (Lipinski definition) is 7. The molecule has 1 aromatic heterocycles. The van der Waals surface area contributed by atoms with Crippen molar-refractivity contribution in [3.05, 3.63) is 0 Å². The third kappa shape index (κ3) is 7.08. The fourth-order valence-electron chi connectivity index (χ4n) is 1.41. The highest BCUT2D eigenvalue weighted by Crippen LogP contribution is 2.13. The Hall–Kier alpha value is -1.63. The molecule has 1 heterocycles. The summed E-state index contributed by atoms with van der Waals surface area (Å²) in [4.78, 5) is 14.6. The molecule has 1 aromatic rings. The highest BCUT2D eigenvalue weighted by Gasteiger charge is 2.11. The van der Waals surface area contributed by atoms with Gasteiger partial charge in [-0.05, 0) is 27.2 Å². The number of nitrogens with zero attached hydrogens (tertiary/aromatic N) is 4. The molecule has 0 atom stereocenters. The zero-order valence-electron chi connectivity index (χ0n) is 13.9. The van der Waals surface area contributed by atoms with E-state index in [0.717, 1.165) is 13.0 Å². The number of anilines is 2. The van der Waals surface area contributed by atoms with Crippen LogP contribution < -0.4 is 15.0 Å². The Morgan fingerprint density at radius 2 is 1.81 bits per heavy atom. The average molecular weight is 297 g/mol. The van der Waals surface area contributed by atoms with Gasteiger partial charge in [-0.25, -0.2) is 0 Å². The first kappa shape index (κ1) is 17.4. The van der Waals surface area contributed by atoms with Gasteiger partial charge in [0.15, 0.2) is 0 Å². The quantitative estimate of drug-likeness (QED) is 0.735. The van der Waals surface area contributed by atoms with Crippen molar-refractivity contribution < 1.29 is 9.47 Å². The molecule has 0 bridgehead atoms. The van der Waals surface area contributed by atoms with E-state index in [-0.39, 0.29) is 5.60 Å². The fourth-order valence-corrected chi connectivity index (χ4v) is 1.41. The molecular formula is C14H27N5O2. The molecule has 0 amide bonds. The van der Waals surface area contributed by atoms with Crippen LogP contribution in [0.4, 0.5) is 11.9 Å². The maximum absolute atomic E-state index is 5.60. The number of rotatable bonds is 8. The smallest absolute Gasteiger partial charge is 0.323 e. The number of aromatic nitrogens is 3. The molecule has 1 rings (SSSR count). The van der Waals surface area contributed by atoms with Crippen molar-refractivity contribution in [1.82, 2.24) is 15.0 Å². The molecule has 0 spiro atoms. The van der Waals surface area contributed by atoms with Crippen LogP contribution >= 0.6 is 0 Å². The second-order valence-electron chi connectivity index (χ2n) is 5.87. The summed E-state index contributed by atoms with van der Waals surface area (Å²) in [7, 11) is 3.76. The Kier molecular flexibility index (Phi) is 6.61. The lowest BCUT2D eigenvalue weighted by Gasteiger charge is -2.19. The Bertz CT molecular complexity index is 432. The van der Waals surface area contributed by atoms with E-state index in [1.165, 1.54) is 0 Å². The largest absolute Gasteiger partial charge is 0.461 e. The summed E-state index contributed by atoms with van der Waals surface area (Å²) < 4.78 is 11.2. The van der Waals surface area contributed by atoms with E-state index in [1.54, 1.807) is 0 Å². The zero-order chi connectivity index (χ0) is 15.9. The Morgan fingerprint density at radius 3 is 2.38 bits per heavy atom. The summed E-state index contributed by atoms with van der Waals surface area (Å²) in [6, 6.07) is 0.310. The van der Waals surface area contributed by atoms with Gasteiger partial charge >= 0.3 is 6.01 Å². The van der Waals surface area contributed by atoms with Crippen LogP contribution in [0, 0.1) is 0 Å². The summed E-state index contributed by atoms with van der Waals surface area (Å²) in [6.07, 6.45) is 0.999. The highest BCUT2D eigenvalue weighted by molar-refractivity contribution is 5.36. The van der Waals surface area contributed by atoms with Crippen molar-refractivity contribution in [2.45, 2.75) is 39.7 Å². The second-order valence-corrected chi connectivity index (χ2v) is 5.87. The zero-order valence-corrected chi connectivity index (χ0v) is 13.9. The SMILES string of the molecule is CCCNc1nc(OCCOC(C)(C)C)nc(N(C)C)n1. The summed E-state index contributed by atoms with van der Waals surface area (Å²) in [6.45, 7) is 9.81. The number of hydrogen-bond donors (Lipinski definition) is 1. The van der Waals surface area contributed by atoms with Crippen LogP contribution in [0.3, 0.4) is 0 Å². The van der Waals surface area contributed by atoms with Gasteiger partial charge in [0.1, 0.15) is 6.61 Å². The van der Waals surface area contributed by atoms with E-state index >= 15 is 0 Å². The molecule has 21 heavy (non-hydrogen) atoms. The molecule has 7 heteroatoms. The van der Waals surface area contributed by atoms with Crippen LogP contribution in [-0.4, -0.2) is 54.4 Å². The van der Waals surface area contributed by atoms with E-state index in [2.05, 4.69) is 27.2 Å². The highest BCUT2D eigenvalue weighted by atomic mass is 16.5. The van der Waals surface area contributed by atoms with E-state index in [0.29, 0.717) is 31.1 Å². The molecule has 0 radical (unpaired) electrons. The summed E-state index contributed by atoms with van der Waals surface area (Å²) in [5.41, 5.74) is -0.175. The van der Waals surface area contributed by atoms with Gasteiger partial charge in [0.05, 0.1) is 12.2 Å². The molecule has 0 saturated heterocycles. The number of nitrogens with one attached hydrogen (secondary N) is 1. The minimum absolute atomic E-state index is 0.175. The molecule has 0 aliphatic heterocycles. The molecule has 0 fully saturated rings. The van der Waals surface area contributed by atoms with Crippen LogP contribution in [0.1, 0.15) is 34.1 Å². The predicted molar refractivity (Wildman–Crippen MR) is 84.1 cm³/mol. The first-order chi connectivity index (χ1) is 9.81. The van der Waals surface area contributed by atoms with E-state index < -0.39 is 0 Å². The van der Waals surface area contributed by atoms with Crippen molar-refractivity contribution >= 4 is 11.9 Å². The fraction of sp³-hybridized carbons (Fsp3) is 0.786. The Labute approximate surface area is 127 Å². The molecule has 120 valence electrons. The van der Waals surface area contributed by atoms with Gasteiger partial charge in [-0.1, -0.05) is 6.92 Å². The summed E-state index contributed by atoms with van der Waals surface area (Å²) in [5.74, 6) is 1.10. The van der Waals surface area contributed by atoms with Crippen molar-refractivity contribution in [2.24, 2.45) is 0 Å². The third-order valence-electron chi connectivity index (χ3n) is 2.39. The van der Waals surface area contributed by atoms with Crippen LogP contribution in [0.2, 0.25) is 0 Å². The minimum atomic E-state index is -0.175. The van der Waals surface area contributed by atoms with Crippen LogP contribution in [0.25, 0.3) is 0 Å². The van der Waals surface area contributed by atoms with Gasteiger partial charge in [-0.2, -0.15) is 15.0 Å². The van der Waals surface area contributed by atoms with Gasteiger partial charge in [-0.3, -0.25) is 0 Å². The molecule has 0 saturated carbocycles. The van der Waals surface area contributed by atoms with Crippen molar-refractivity contribution in [3.63, 3.8) is 0 Å². The van der Waals surface area contributed by atoms with E-state index in [4.69, 9.17) is 9.47 Å². The van der Waals surface area contributed by atoms with E-state index in [1.807, 2.05) is 39.8 Å². The van der Waals surface area contributed by atoms with Crippen LogP contribution in [0.5, 0.6) is 6.01 Å². The molecule has 0 aliphatic carbocycles. The van der Waals surface area contributed by atoms with E-state index in [9.17, 15) is 0 Å². The van der Waals surface area contributed by atoms with Crippen molar-refractivity contribution in [3.8, 4) is 6.01 Å². The molecule has 1 N–H and O–H groups in total. The van der Waals surface area contributed by atoms with Crippen LogP contribution in [0.15, 0.2) is 0 Å². The molecule has 0 unspecified atom stereocenters. The van der Waals surface area contributed by atoms with Crippen LogP contribution in [-0.2, 0) is 4.74 Å². The number of ether oxygens (including phenoxy) is 2. The lowest BCUT2D eigenvalue weighted by Crippen LogP contribution is -2.23. The maximum atomic E-state index is 5.60. The Balaban J connectivity index is 2.64. The summed E-state index contributed by atoms with van der Waals surface area (Å²) in [5, 5.41) is 3.14. The first-order valence-corrected chi connectivity index (χ1v) is 7.26. The Morgan fingerprint density at radius 1 is 1.10 bits per heavy atom. The topological polar surface area (TPSA) is 72.4 Å².